The molecular weight excluding hydrogens is 292 g/mol. The van der Waals surface area contributed by atoms with Gasteiger partial charge >= 0.3 is 0 Å². The molecule has 0 fully saturated rings. The summed E-state index contributed by atoms with van der Waals surface area (Å²) in [6, 6.07) is 15.7. The molecule has 112 valence electrons. The summed E-state index contributed by atoms with van der Waals surface area (Å²) < 4.78 is 5.10. The Bertz CT molecular complexity index is 930. The number of methoxy groups -OCH3 is 1. The molecular formula is C18H12N2O3. The van der Waals surface area contributed by atoms with E-state index in [0.29, 0.717) is 22.7 Å². The molecule has 0 atom stereocenters. The maximum atomic E-state index is 12.5. The van der Waals surface area contributed by atoms with Crippen LogP contribution in [0.15, 0.2) is 54.6 Å². The number of ether oxygens (including phenoxy) is 1. The van der Waals surface area contributed by atoms with Gasteiger partial charge in [0.1, 0.15) is 0 Å². The minimum atomic E-state index is -0.300. The second kappa shape index (κ2) is 4.91. The van der Waals surface area contributed by atoms with Gasteiger partial charge in [-0.25, -0.2) is 9.88 Å². The summed E-state index contributed by atoms with van der Waals surface area (Å²) in [7, 11) is 1.56. The molecule has 0 saturated carbocycles. The first-order chi connectivity index (χ1) is 11.2. The highest BCUT2D eigenvalue weighted by Gasteiger charge is 2.36. The van der Waals surface area contributed by atoms with E-state index in [4.69, 9.17) is 4.74 Å². The van der Waals surface area contributed by atoms with Crippen molar-refractivity contribution in [1.82, 2.24) is 4.98 Å². The lowest BCUT2D eigenvalue weighted by molar-refractivity contribution is 0.0926. The molecule has 2 amide bonds. The van der Waals surface area contributed by atoms with Crippen LogP contribution in [0.25, 0.3) is 10.9 Å². The number of hydrogen-bond acceptors (Lipinski definition) is 4. The fraction of sp³-hybridized carbons (Fsp3) is 0.0556. The molecule has 5 nitrogen and oxygen atoms in total. The lowest BCUT2D eigenvalue weighted by Gasteiger charge is -2.14. The number of rotatable bonds is 2. The minimum Gasteiger partial charge on any atom is -0.481 e. The van der Waals surface area contributed by atoms with Crippen LogP contribution in [0.2, 0.25) is 0 Å². The fourth-order valence-electron chi connectivity index (χ4n) is 2.77. The van der Waals surface area contributed by atoms with Crippen molar-refractivity contribution in [1.29, 1.82) is 0 Å². The highest BCUT2D eigenvalue weighted by atomic mass is 16.5. The standard InChI is InChI=1S/C18H12N2O3/c1-23-16-9-6-11-10-12(7-8-15(11)19-16)20-17(21)13-4-2-3-5-14(13)18(20)22/h2-10H,1H3. The van der Waals surface area contributed by atoms with Crippen molar-refractivity contribution in [2.24, 2.45) is 0 Å². The van der Waals surface area contributed by atoms with Gasteiger partial charge in [0.25, 0.3) is 11.8 Å². The van der Waals surface area contributed by atoms with Crippen molar-refractivity contribution in [3.63, 3.8) is 0 Å². The van der Waals surface area contributed by atoms with Gasteiger partial charge in [0.05, 0.1) is 29.4 Å². The zero-order chi connectivity index (χ0) is 16.0. The number of fused-ring (bicyclic) bond motifs is 2. The van der Waals surface area contributed by atoms with Gasteiger partial charge < -0.3 is 4.74 Å². The third-order valence-electron chi connectivity index (χ3n) is 3.91. The van der Waals surface area contributed by atoms with Crippen molar-refractivity contribution in [2.75, 3.05) is 12.0 Å². The van der Waals surface area contributed by atoms with Crippen LogP contribution < -0.4 is 9.64 Å². The molecule has 2 heterocycles. The van der Waals surface area contributed by atoms with E-state index in [0.717, 1.165) is 10.9 Å². The summed E-state index contributed by atoms with van der Waals surface area (Å²) in [5.74, 6) is -0.0798. The third kappa shape index (κ3) is 1.97. The van der Waals surface area contributed by atoms with Crippen LogP contribution in [0, 0.1) is 0 Å². The van der Waals surface area contributed by atoms with Gasteiger partial charge in [0.2, 0.25) is 5.88 Å². The Balaban J connectivity index is 1.81. The minimum absolute atomic E-state index is 0.300. The van der Waals surface area contributed by atoms with E-state index < -0.39 is 0 Å². The topological polar surface area (TPSA) is 59.5 Å². The van der Waals surface area contributed by atoms with Crippen LogP contribution in [0.3, 0.4) is 0 Å². The maximum absolute atomic E-state index is 12.5. The number of benzene rings is 2. The molecule has 4 rings (SSSR count). The largest absolute Gasteiger partial charge is 0.481 e. The maximum Gasteiger partial charge on any atom is 0.266 e. The predicted octanol–water partition coefficient (Wildman–Crippen LogP) is 3.04. The number of carbonyl (C=O) groups is 2. The van der Waals surface area contributed by atoms with E-state index in [9.17, 15) is 9.59 Å². The number of anilines is 1. The molecule has 1 aliphatic rings. The average Bonchev–Trinajstić information content (AvgIpc) is 2.85. The van der Waals surface area contributed by atoms with Gasteiger partial charge in [0.15, 0.2) is 0 Å². The van der Waals surface area contributed by atoms with E-state index in [-0.39, 0.29) is 11.8 Å². The zero-order valence-electron chi connectivity index (χ0n) is 12.3. The fourth-order valence-corrected chi connectivity index (χ4v) is 2.77. The second-order valence-electron chi connectivity index (χ2n) is 5.22. The zero-order valence-corrected chi connectivity index (χ0v) is 12.3. The van der Waals surface area contributed by atoms with Crippen molar-refractivity contribution in [3.8, 4) is 5.88 Å². The molecule has 1 aliphatic heterocycles. The van der Waals surface area contributed by atoms with Gasteiger partial charge in [-0.15, -0.1) is 0 Å². The highest BCUT2D eigenvalue weighted by molar-refractivity contribution is 6.34. The van der Waals surface area contributed by atoms with Crippen LogP contribution in [0.4, 0.5) is 5.69 Å². The summed E-state index contributed by atoms with van der Waals surface area (Å²) in [6.07, 6.45) is 0. The summed E-state index contributed by atoms with van der Waals surface area (Å²) in [4.78, 5) is 30.6. The summed E-state index contributed by atoms with van der Waals surface area (Å²) >= 11 is 0. The smallest absolute Gasteiger partial charge is 0.266 e. The monoisotopic (exact) mass is 304 g/mol. The number of amides is 2. The van der Waals surface area contributed by atoms with Crippen molar-refractivity contribution in [2.45, 2.75) is 0 Å². The normalized spacial score (nSPS) is 13.5. The van der Waals surface area contributed by atoms with Crippen LogP contribution >= 0.6 is 0 Å². The Hall–Kier alpha value is -3.21. The molecule has 0 N–H and O–H groups in total. The average molecular weight is 304 g/mol. The van der Waals surface area contributed by atoms with Crippen molar-refractivity contribution < 1.29 is 14.3 Å². The second-order valence-corrected chi connectivity index (χ2v) is 5.22. The summed E-state index contributed by atoms with van der Waals surface area (Å²) in [5, 5.41) is 0.833. The van der Waals surface area contributed by atoms with E-state index in [1.165, 1.54) is 4.90 Å². The molecule has 5 heteroatoms. The molecule has 0 radical (unpaired) electrons. The number of imide groups is 1. The Morgan fingerprint density at radius 1 is 0.913 bits per heavy atom. The molecule has 0 spiro atoms. The van der Waals surface area contributed by atoms with Crippen LogP contribution in [-0.2, 0) is 0 Å². The molecule has 3 aromatic rings. The highest BCUT2D eigenvalue weighted by Crippen LogP contribution is 2.30. The first-order valence-corrected chi connectivity index (χ1v) is 7.11. The lowest BCUT2D eigenvalue weighted by Crippen LogP contribution is -2.29. The SMILES string of the molecule is COc1ccc2cc(N3C(=O)c4ccccc4C3=O)ccc2n1. The van der Waals surface area contributed by atoms with Crippen molar-refractivity contribution >= 4 is 28.4 Å². The van der Waals surface area contributed by atoms with Gasteiger partial charge in [-0.3, -0.25) is 9.59 Å². The van der Waals surface area contributed by atoms with E-state index in [2.05, 4.69) is 4.98 Å². The van der Waals surface area contributed by atoms with Crippen LogP contribution in [0.5, 0.6) is 5.88 Å². The van der Waals surface area contributed by atoms with Gasteiger partial charge in [-0.2, -0.15) is 0 Å². The van der Waals surface area contributed by atoms with Crippen molar-refractivity contribution in [3.05, 3.63) is 65.7 Å². The third-order valence-corrected chi connectivity index (χ3v) is 3.91. The quantitative estimate of drug-likeness (QED) is 0.683. The molecule has 1 aromatic heterocycles. The first-order valence-electron chi connectivity index (χ1n) is 7.11. The molecule has 0 saturated heterocycles. The lowest BCUT2D eigenvalue weighted by atomic mass is 10.1. The summed E-state index contributed by atoms with van der Waals surface area (Å²) in [6.45, 7) is 0. The van der Waals surface area contributed by atoms with Gasteiger partial charge in [-0.1, -0.05) is 12.1 Å². The van der Waals surface area contributed by atoms with E-state index >= 15 is 0 Å². The number of aromatic nitrogens is 1. The van der Waals surface area contributed by atoms with E-state index in [1.54, 1.807) is 55.6 Å². The molecule has 0 aliphatic carbocycles. The number of nitrogens with zero attached hydrogens (tertiary/aromatic N) is 2. The molecule has 0 unspecified atom stereocenters. The predicted molar refractivity (Wildman–Crippen MR) is 85.9 cm³/mol. The Labute approximate surface area is 132 Å². The van der Waals surface area contributed by atoms with Crippen LogP contribution in [-0.4, -0.2) is 23.9 Å². The summed E-state index contributed by atoms with van der Waals surface area (Å²) in [5.41, 5.74) is 2.15. The number of pyridine rings is 1. The van der Waals surface area contributed by atoms with Crippen LogP contribution in [0.1, 0.15) is 20.7 Å². The Morgan fingerprint density at radius 2 is 1.61 bits per heavy atom. The first kappa shape index (κ1) is 13.5. The Kier molecular flexibility index (Phi) is 2.87. The molecule has 0 bridgehead atoms. The Morgan fingerprint density at radius 3 is 2.26 bits per heavy atom. The molecule has 2 aromatic carbocycles. The van der Waals surface area contributed by atoms with Gasteiger partial charge in [-0.05, 0) is 36.4 Å². The van der Waals surface area contributed by atoms with E-state index in [1.807, 2.05) is 6.07 Å². The van der Waals surface area contributed by atoms with Gasteiger partial charge in [0, 0.05) is 11.5 Å². The molecule has 23 heavy (non-hydrogen) atoms. The number of carbonyl (C=O) groups excluding carboxylic acids is 2. The number of hydrogen-bond donors (Lipinski definition) is 0.